The van der Waals surface area contributed by atoms with Gasteiger partial charge in [-0.3, -0.25) is 0 Å². The van der Waals surface area contributed by atoms with Crippen LogP contribution in [0.25, 0.3) is 0 Å². The van der Waals surface area contributed by atoms with Crippen LogP contribution in [0.4, 0.5) is 0 Å². The smallest absolute Gasteiger partial charge is 0.000823 e. The van der Waals surface area contributed by atoms with Crippen molar-refractivity contribution in [3.63, 3.8) is 0 Å². The molecule has 0 saturated carbocycles. The summed E-state index contributed by atoms with van der Waals surface area (Å²) in [6.45, 7) is 6.90. The molecule has 0 aromatic heterocycles. The van der Waals surface area contributed by atoms with Crippen LogP contribution < -0.4 is 10.6 Å². The van der Waals surface area contributed by atoms with E-state index in [1.165, 1.54) is 56.4 Å². The number of hydrogen-bond acceptors (Lipinski definition) is 2. The van der Waals surface area contributed by atoms with E-state index in [9.17, 15) is 0 Å². The minimum atomic E-state index is 0.834. The summed E-state index contributed by atoms with van der Waals surface area (Å²) in [7, 11) is 0. The van der Waals surface area contributed by atoms with Crippen LogP contribution >= 0.6 is 0 Å². The molecule has 1 aromatic rings. The van der Waals surface area contributed by atoms with Crippen LogP contribution in [-0.4, -0.2) is 26.2 Å². The average Bonchev–Trinajstić information content (AvgIpc) is 2.47. The third-order valence-corrected chi connectivity index (χ3v) is 3.98. The summed E-state index contributed by atoms with van der Waals surface area (Å²) in [5.74, 6) is 0.834. The van der Waals surface area contributed by atoms with Gasteiger partial charge in [0.15, 0.2) is 0 Å². The van der Waals surface area contributed by atoms with E-state index in [0.717, 1.165) is 18.9 Å². The summed E-state index contributed by atoms with van der Waals surface area (Å²) >= 11 is 0. The number of piperidine rings is 1. The van der Waals surface area contributed by atoms with E-state index in [-0.39, 0.29) is 0 Å². The van der Waals surface area contributed by atoms with Crippen LogP contribution in [0.3, 0.4) is 0 Å². The molecule has 0 amide bonds. The number of benzene rings is 1. The third kappa shape index (κ3) is 5.33. The molecule has 19 heavy (non-hydrogen) atoms. The summed E-state index contributed by atoms with van der Waals surface area (Å²) in [6, 6.07) is 9.14. The van der Waals surface area contributed by atoms with Crippen molar-refractivity contribution in [2.24, 2.45) is 5.92 Å². The lowest BCUT2D eigenvalue weighted by molar-refractivity contribution is 0.361. The summed E-state index contributed by atoms with van der Waals surface area (Å²) in [5.41, 5.74) is 2.92. The molecule has 0 spiro atoms. The van der Waals surface area contributed by atoms with Crippen molar-refractivity contribution in [1.82, 2.24) is 10.6 Å². The van der Waals surface area contributed by atoms with Crippen molar-refractivity contribution in [3.8, 4) is 0 Å². The first-order valence-electron chi connectivity index (χ1n) is 7.87. The molecule has 2 N–H and O–H groups in total. The predicted octanol–water partition coefficient (Wildman–Crippen LogP) is 2.77. The highest BCUT2D eigenvalue weighted by Crippen LogP contribution is 2.09. The first-order valence-corrected chi connectivity index (χ1v) is 7.87. The Labute approximate surface area is 118 Å². The second-order valence-electron chi connectivity index (χ2n) is 5.73. The van der Waals surface area contributed by atoms with E-state index < -0.39 is 0 Å². The quantitative estimate of drug-likeness (QED) is 0.737. The van der Waals surface area contributed by atoms with Crippen molar-refractivity contribution < 1.29 is 0 Å². The Morgan fingerprint density at radius 1 is 1.16 bits per heavy atom. The molecule has 0 aliphatic carbocycles. The number of hydrogen-bond donors (Lipinski definition) is 2. The SMILES string of the molecule is CCCc1ccc(CCNCC2CCCNC2)cc1. The summed E-state index contributed by atoms with van der Waals surface area (Å²) < 4.78 is 0. The fourth-order valence-corrected chi connectivity index (χ4v) is 2.80. The topological polar surface area (TPSA) is 24.1 Å². The van der Waals surface area contributed by atoms with Crippen LogP contribution in [-0.2, 0) is 12.8 Å². The summed E-state index contributed by atoms with van der Waals surface area (Å²) in [4.78, 5) is 0. The largest absolute Gasteiger partial charge is 0.316 e. The number of nitrogens with one attached hydrogen (secondary N) is 2. The van der Waals surface area contributed by atoms with Crippen molar-refractivity contribution in [1.29, 1.82) is 0 Å². The van der Waals surface area contributed by atoms with Gasteiger partial charge >= 0.3 is 0 Å². The minimum absolute atomic E-state index is 0.834. The molecule has 1 aromatic carbocycles. The fourth-order valence-electron chi connectivity index (χ4n) is 2.80. The normalized spacial score (nSPS) is 19.5. The van der Waals surface area contributed by atoms with Crippen molar-refractivity contribution >= 4 is 0 Å². The van der Waals surface area contributed by atoms with Gasteiger partial charge in [-0.05, 0) is 68.9 Å². The Hall–Kier alpha value is -0.860. The highest BCUT2D eigenvalue weighted by molar-refractivity contribution is 5.22. The van der Waals surface area contributed by atoms with Gasteiger partial charge in [0.25, 0.3) is 0 Å². The summed E-state index contributed by atoms with van der Waals surface area (Å²) in [6.07, 6.45) is 6.30. The van der Waals surface area contributed by atoms with Crippen LogP contribution in [0.5, 0.6) is 0 Å². The van der Waals surface area contributed by atoms with Gasteiger partial charge in [-0.1, -0.05) is 37.6 Å². The van der Waals surface area contributed by atoms with E-state index in [0.29, 0.717) is 0 Å². The minimum Gasteiger partial charge on any atom is -0.316 e. The zero-order valence-corrected chi connectivity index (χ0v) is 12.3. The Balaban J connectivity index is 1.62. The van der Waals surface area contributed by atoms with Crippen molar-refractivity contribution in [3.05, 3.63) is 35.4 Å². The predicted molar refractivity (Wildman–Crippen MR) is 82.6 cm³/mol. The van der Waals surface area contributed by atoms with Gasteiger partial charge in [0, 0.05) is 0 Å². The molecule has 2 nitrogen and oxygen atoms in total. The Kier molecular flexibility index (Phi) is 6.38. The first-order chi connectivity index (χ1) is 9.38. The van der Waals surface area contributed by atoms with E-state index >= 15 is 0 Å². The molecule has 2 rings (SSSR count). The highest BCUT2D eigenvalue weighted by Gasteiger charge is 2.11. The third-order valence-electron chi connectivity index (χ3n) is 3.98. The molecule has 1 aliphatic rings. The van der Waals surface area contributed by atoms with Gasteiger partial charge in [-0.2, -0.15) is 0 Å². The maximum absolute atomic E-state index is 3.60. The van der Waals surface area contributed by atoms with Gasteiger partial charge in [-0.15, -0.1) is 0 Å². The molecule has 1 atom stereocenters. The zero-order chi connectivity index (χ0) is 13.3. The van der Waals surface area contributed by atoms with E-state index in [1.807, 2.05) is 0 Å². The second-order valence-corrected chi connectivity index (χ2v) is 5.73. The monoisotopic (exact) mass is 260 g/mol. The Morgan fingerprint density at radius 3 is 2.53 bits per heavy atom. The van der Waals surface area contributed by atoms with Crippen LogP contribution in [0, 0.1) is 5.92 Å². The molecule has 2 heteroatoms. The van der Waals surface area contributed by atoms with Gasteiger partial charge < -0.3 is 10.6 Å². The number of rotatable bonds is 7. The first kappa shape index (κ1) is 14.5. The maximum Gasteiger partial charge on any atom is -0.000823 e. The van der Waals surface area contributed by atoms with Crippen molar-refractivity contribution in [2.75, 3.05) is 26.2 Å². The molecule has 1 aliphatic heterocycles. The lowest BCUT2D eigenvalue weighted by atomic mass is 10.00. The molecule has 1 unspecified atom stereocenters. The van der Waals surface area contributed by atoms with E-state index in [1.54, 1.807) is 0 Å². The molecule has 1 fully saturated rings. The second kappa shape index (κ2) is 8.34. The highest BCUT2D eigenvalue weighted by atomic mass is 14.9. The standard InChI is InChI=1S/C17H28N2/c1-2-4-15-6-8-16(9-7-15)10-12-19-14-17-5-3-11-18-13-17/h6-9,17-19H,2-5,10-14H2,1H3. The fraction of sp³-hybridized carbons (Fsp3) is 0.647. The van der Waals surface area contributed by atoms with Gasteiger partial charge in [0.05, 0.1) is 0 Å². The Morgan fingerprint density at radius 2 is 1.89 bits per heavy atom. The van der Waals surface area contributed by atoms with Crippen LogP contribution in [0.15, 0.2) is 24.3 Å². The Bertz CT molecular complexity index is 339. The molecule has 0 radical (unpaired) electrons. The molecular formula is C17H28N2. The maximum atomic E-state index is 3.60. The summed E-state index contributed by atoms with van der Waals surface area (Å²) in [5, 5.41) is 7.07. The molecule has 1 heterocycles. The van der Waals surface area contributed by atoms with Crippen LogP contribution in [0.1, 0.15) is 37.3 Å². The molecule has 106 valence electrons. The molecule has 1 saturated heterocycles. The number of aryl methyl sites for hydroxylation is 1. The molecular weight excluding hydrogens is 232 g/mol. The average molecular weight is 260 g/mol. The van der Waals surface area contributed by atoms with Gasteiger partial charge in [0.1, 0.15) is 0 Å². The lowest BCUT2D eigenvalue weighted by Gasteiger charge is -2.22. The lowest BCUT2D eigenvalue weighted by Crippen LogP contribution is -2.36. The van der Waals surface area contributed by atoms with Gasteiger partial charge in [0.2, 0.25) is 0 Å². The van der Waals surface area contributed by atoms with E-state index in [4.69, 9.17) is 0 Å². The zero-order valence-electron chi connectivity index (χ0n) is 12.3. The molecule has 0 bridgehead atoms. The van der Waals surface area contributed by atoms with E-state index in [2.05, 4.69) is 41.8 Å². The van der Waals surface area contributed by atoms with Gasteiger partial charge in [-0.25, -0.2) is 0 Å². The van der Waals surface area contributed by atoms with Crippen molar-refractivity contribution in [2.45, 2.75) is 39.0 Å². The van der Waals surface area contributed by atoms with Crippen LogP contribution in [0.2, 0.25) is 0 Å².